The predicted octanol–water partition coefficient (Wildman–Crippen LogP) is 3.67. The Labute approximate surface area is 115 Å². The summed E-state index contributed by atoms with van der Waals surface area (Å²) < 4.78 is 0.761. The third kappa shape index (κ3) is 2.16. The Hall–Kier alpha value is -1.32. The van der Waals surface area contributed by atoms with Crippen LogP contribution < -0.4 is 0 Å². The second kappa shape index (κ2) is 4.75. The first-order chi connectivity index (χ1) is 8.74. The number of hydrogen-bond acceptors (Lipinski definition) is 2. The quantitative estimate of drug-likeness (QED) is 0.915. The molecule has 0 fully saturated rings. The van der Waals surface area contributed by atoms with Crippen LogP contribution >= 0.6 is 15.9 Å². The summed E-state index contributed by atoms with van der Waals surface area (Å²) in [7, 11) is 0. The predicted molar refractivity (Wildman–Crippen MR) is 75.2 cm³/mol. The lowest BCUT2D eigenvalue weighted by Crippen LogP contribution is -2.15. The van der Waals surface area contributed by atoms with E-state index in [0.29, 0.717) is 5.75 Å². The van der Waals surface area contributed by atoms with Crippen molar-refractivity contribution in [1.82, 2.24) is 4.90 Å². The third-order valence-corrected chi connectivity index (χ3v) is 4.01. The number of hydrogen-bond donors (Lipinski definition) is 1. The highest BCUT2D eigenvalue weighted by Gasteiger charge is 2.19. The van der Waals surface area contributed by atoms with Gasteiger partial charge in [-0.05, 0) is 33.1 Å². The van der Waals surface area contributed by atoms with Crippen LogP contribution in [0.25, 0.3) is 0 Å². The number of benzene rings is 2. The molecular weight excluding hydrogens is 290 g/mol. The minimum absolute atomic E-state index is 0.355. The lowest BCUT2D eigenvalue weighted by Gasteiger charge is -2.16. The van der Waals surface area contributed by atoms with Gasteiger partial charge in [-0.1, -0.05) is 36.4 Å². The van der Waals surface area contributed by atoms with E-state index >= 15 is 0 Å². The zero-order valence-corrected chi connectivity index (χ0v) is 11.5. The molecule has 2 aromatic carbocycles. The van der Waals surface area contributed by atoms with Crippen molar-refractivity contribution in [1.29, 1.82) is 0 Å². The molecule has 0 atom stereocenters. The summed E-state index contributed by atoms with van der Waals surface area (Å²) in [5.74, 6) is 0.355. The Morgan fingerprint density at radius 2 is 1.67 bits per heavy atom. The van der Waals surface area contributed by atoms with Gasteiger partial charge in [-0.25, -0.2) is 0 Å². The number of fused-ring (bicyclic) bond motifs is 1. The van der Waals surface area contributed by atoms with Gasteiger partial charge in [0.1, 0.15) is 5.75 Å². The number of halogens is 1. The van der Waals surface area contributed by atoms with Crippen LogP contribution in [0.3, 0.4) is 0 Å². The number of nitrogens with zero attached hydrogens (tertiary/aromatic N) is 1. The maximum atomic E-state index is 10.0. The van der Waals surface area contributed by atoms with Crippen LogP contribution in [0.4, 0.5) is 0 Å². The lowest BCUT2D eigenvalue weighted by atomic mass is 10.1. The molecular formula is C15H14BrNO. The van der Waals surface area contributed by atoms with Gasteiger partial charge < -0.3 is 5.11 Å². The first-order valence-corrected chi connectivity index (χ1v) is 6.79. The van der Waals surface area contributed by atoms with Gasteiger partial charge >= 0.3 is 0 Å². The Morgan fingerprint density at radius 1 is 1.00 bits per heavy atom. The fraction of sp³-hybridized carbons (Fsp3) is 0.200. The van der Waals surface area contributed by atoms with Gasteiger partial charge in [-0.2, -0.15) is 0 Å². The van der Waals surface area contributed by atoms with E-state index in [-0.39, 0.29) is 0 Å². The van der Waals surface area contributed by atoms with Crippen molar-refractivity contribution < 1.29 is 5.11 Å². The molecule has 0 unspecified atom stereocenters. The van der Waals surface area contributed by atoms with Gasteiger partial charge in [0, 0.05) is 25.2 Å². The van der Waals surface area contributed by atoms with Crippen LogP contribution in [0.1, 0.15) is 16.7 Å². The average Bonchev–Trinajstić information content (AvgIpc) is 2.77. The van der Waals surface area contributed by atoms with Crippen molar-refractivity contribution in [3.05, 3.63) is 63.6 Å². The van der Waals surface area contributed by atoms with Gasteiger partial charge in [0.05, 0.1) is 4.47 Å². The number of phenols is 1. The van der Waals surface area contributed by atoms with E-state index < -0.39 is 0 Å². The fourth-order valence-electron chi connectivity index (χ4n) is 2.44. The molecule has 1 heterocycles. The summed E-state index contributed by atoms with van der Waals surface area (Å²) in [6.07, 6.45) is 0. The van der Waals surface area contributed by atoms with Crippen LogP contribution in [0.15, 0.2) is 46.9 Å². The Bertz CT molecular complexity index is 557. The fourth-order valence-corrected chi connectivity index (χ4v) is 2.85. The van der Waals surface area contributed by atoms with Gasteiger partial charge in [0.15, 0.2) is 0 Å². The molecule has 0 bridgehead atoms. The second-order valence-corrected chi connectivity index (χ2v) is 5.52. The molecule has 1 N–H and O–H groups in total. The van der Waals surface area contributed by atoms with E-state index in [0.717, 1.165) is 29.7 Å². The van der Waals surface area contributed by atoms with Crippen LogP contribution in [0.2, 0.25) is 0 Å². The van der Waals surface area contributed by atoms with Crippen LogP contribution in [-0.2, 0) is 19.6 Å². The SMILES string of the molecule is Oc1c(Br)cccc1CN1Cc2ccccc2C1. The summed E-state index contributed by atoms with van der Waals surface area (Å²) in [5.41, 5.74) is 3.76. The summed E-state index contributed by atoms with van der Waals surface area (Å²) >= 11 is 3.36. The molecule has 1 aliphatic rings. The molecule has 3 rings (SSSR count). The monoisotopic (exact) mass is 303 g/mol. The van der Waals surface area contributed by atoms with Crippen LogP contribution in [0, 0.1) is 0 Å². The minimum Gasteiger partial charge on any atom is -0.506 e. The molecule has 92 valence electrons. The molecule has 0 spiro atoms. The van der Waals surface area contributed by atoms with Crippen molar-refractivity contribution in [2.24, 2.45) is 0 Å². The number of phenolic OH excluding ortho intramolecular Hbond substituents is 1. The number of rotatable bonds is 2. The minimum atomic E-state index is 0.355. The van der Waals surface area contributed by atoms with E-state index in [2.05, 4.69) is 45.1 Å². The van der Waals surface area contributed by atoms with Crippen molar-refractivity contribution in [3.63, 3.8) is 0 Å². The van der Waals surface area contributed by atoms with Gasteiger partial charge in [0.2, 0.25) is 0 Å². The average molecular weight is 304 g/mol. The molecule has 2 nitrogen and oxygen atoms in total. The summed E-state index contributed by atoms with van der Waals surface area (Å²) in [6, 6.07) is 14.3. The topological polar surface area (TPSA) is 23.5 Å². The van der Waals surface area contributed by atoms with Crippen LogP contribution in [0.5, 0.6) is 5.75 Å². The van der Waals surface area contributed by atoms with E-state index in [4.69, 9.17) is 0 Å². The third-order valence-electron chi connectivity index (χ3n) is 3.37. The number of aromatic hydroxyl groups is 1. The smallest absolute Gasteiger partial charge is 0.134 e. The Kier molecular flexibility index (Phi) is 3.10. The van der Waals surface area contributed by atoms with E-state index in [9.17, 15) is 5.11 Å². The molecule has 0 amide bonds. The van der Waals surface area contributed by atoms with Crippen molar-refractivity contribution in [2.75, 3.05) is 0 Å². The molecule has 0 saturated heterocycles. The highest BCUT2D eigenvalue weighted by atomic mass is 79.9. The summed E-state index contributed by atoms with van der Waals surface area (Å²) in [5, 5.41) is 10.0. The zero-order chi connectivity index (χ0) is 12.5. The van der Waals surface area contributed by atoms with Crippen molar-refractivity contribution in [3.8, 4) is 5.75 Å². The normalized spacial score (nSPS) is 14.7. The second-order valence-electron chi connectivity index (χ2n) is 4.66. The molecule has 0 aromatic heterocycles. The van der Waals surface area contributed by atoms with Gasteiger partial charge in [0.25, 0.3) is 0 Å². The number of para-hydroxylation sites is 1. The molecule has 1 aliphatic heterocycles. The molecule has 0 radical (unpaired) electrons. The van der Waals surface area contributed by atoms with E-state index in [1.165, 1.54) is 11.1 Å². The molecule has 0 aliphatic carbocycles. The molecule has 0 saturated carbocycles. The van der Waals surface area contributed by atoms with E-state index in [1.54, 1.807) is 0 Å². The first kappa shape index (κ1) is 11.8. The Balaban J connectivity index is 1.78. The summed E-state index contributed by atoms with van der Waals surface area (Å²) in [6.45, 7) is 2.70. The van der Waals surface area contributed by atoms with Crippen molar-refractivity contribution in [2.45, 2.75) is 19.6 Å². The maximum Gasteiger partial charge on any atom is 0.134 e. The highest BCUT2D eigenvalue weighted by Crippen LogP contribution is 2.31. The molecule has 3 heteroatoms. The standard InChI is InChI=1S/C15H14BrNO/c16-14-7-3-6-13(15(14)18)10-17-8-11-4-1-2-5-12(11)9-17/h1-7,18H,8-10H2. The largest absolute Gasteiger partial charge is 0.506 e. The van der Waals surface area contributed by atoms with Crippen molar-refractivity contribution >= 4 is 15.9 Å². The van der Waals surface area contributed by atoms with Gasteiger partial charge in [-0.3, -0.25) is 4.90 Å². The highest BCUT2D eigenvalue weighted by molar-refractivity contribution is 9.10. The molecule has 18 heavy (non-hydrogen) atoms. The maximum absolute atomic E-state index is 10.0. The zero-order valence-electron chi connectivity index (χ0n) is 9.94. The summed E-state index contributed by atoms with van der Waals surface area (Å²) in [4.78, 5) is 2.34. The van der Waals surface area contributed by atoms with E-state index in [1.807, 2.05) is 18.2 Å². The molecule has 2 aromatic rings. The Morgan fingerprint density at radius 3 is 2.33 bits per heavy atom. The van der Waals surface area contributed by atoms with Crippen LogP contribution in [-0.4, -0.2) is 10.0 Å². The lowest BCUT2D eigenvalue weighted by molar-refractivity contribution is 0.271. The first-order valence-electron chi connectivity index (χ1n) is 5.99. The van der Waals surface area contributed by atoms with Gasteiger partial charge in [-0.15, -0.1) is 0 Å².